The van der Waals surface area contributed by atoms with E-state index in [1.165, 1.54) is 49.7 Å². The van der Waals surface area contributed by atoms with Gasteiger partial charge in [-0.3, -0.25) is 10.1 Å². The van der Waals surface area contributed by atoms with Gasteiger partial charge in [-0.2, -0.15) is 0 Å². The third kappa shape index (κ3) is 7.23. The van der Waals surface area contributed by atoms with Crippen LogP contribution in [0, 0.1) is 23.3 Å². The quantitative estimate of drug-likeness (QED) is 0.262. The average molecular weight is 553 g/mol. The Kier molecular flexibility index (Phi) is 10.2. The fraction of sp³-hybridized carbons (Fsp3) is 0.320. The van der Waals surface area contributed by atoms with Crippen LogP contribution in [0.25, 0.3) is 16.7 Å². The third-order valence-electron chi connectivity index (χ3n) is 5.21. The van der Waals surface area contributed by atoms with Gasteiger partial charge in [0.25, 0.3) is 6.43 Å². The smallest absolute Gasteiger partial charge is 0.496 e. The summed E-state index contributed by atoms with van der Waals surface area (Å²) in [4.78, 5) is 19.3. The van der Waals surface area contributed by atoms with Gasteiger partial charge in [0, 0.05) is 16.6 Å². The molecular formula is C25H20F2N4NiO3S. The Morgan fingerprint density at radius 3 is 2.69 bits per heavy atom. The second kappa shape index (κ2) is 13.3. The molecule has 0 unspecified atom stereocenters. The van der Waals surface area contributed by atoms with Gasteiger partial charge in [0.2, 0.25) is 0 Å². The zero-order valence-electron chi connectivity index (χ0n) is 19.1. The maximum atomic E-state index is 13.0. The number of rotatable bonds is 5. The number of hydrogen-bond donors (Lipinski definition) is 0. The summed E-state index contributed by atoms with van der Waals surface area (Å²) in [7, 11) is 1.41. The minimum Gasteiger partial charge on any atom is -0.496 e. The van der Waals surface area contributed by atoms with Gasteiger partial charge in [0.15, 0.2) is 0 Å². The summed E-state index contributed by atoms with van der Waals surface area (Å²) < 4.78 is 36.6. The minimum absolute atomic E-state index is 0. The van der Waals surface area contributed by atoms with Crippen molar-refractivity contribution >= 4 is 23.2 Å². The van der Waals surface area contributed by atoms with Crippen molar-refractivity contribution in [1.29, 1.82) is 0 Å². The first-order chi connectivity index (χ1) is 17.1. The van der Waals surface area contributed by atoms with E-state index in [1.807, 2.05) is 6.08 Å². The van der Waals surface area contributed by atoms with Gasteiger partial charge in [-0.05, 0) is 36.5 Å². The van der Waals surface area contributed by atoms with E-state index in [9.17, 15) is 13.6 Å². The van der Waals surface area contributed by atoms with E-state index in [-0.39, 0.29) is 22.1 Å². The summed E-state index contributed by atoms with van der Waals surface area (Å²) in [5.74, 6) is 6.98. The van der Waals surface area contributed by atoms with Crippen LogP contribution in [0.3, 0.4) is 0 Å². The maximum Gasteiger partial charge on any atom is 2.00 e. The fourth-order valence-electron chi connectivity index (χ4n) is 3.24. The summed E-state index contributed by atoms with van der Waals surface area (Å²) in [6.07, 6.45) is 6.80. The summed E-state index contributed by atoms with van der Waals surface area (Å²) in [5, 5.41) is 8.10. The molecule has 1 saturated carbocycles. The molecule has 0 N–H and O–H groups in total. The van der Waals surface area contributed by atoms with Crippen LogP contribution in [-0.4, -0.2) is 46.8 Å². The Morgan fingerprint density at radius 1 is 1.25 bits per heavy atom. The van der Waals surface area contributed by atoms with Crippen LogP contribution in [-0.2, 0) is 26.0 Å². The zero-order chi connectivity index (χ0) is 24.6. The SMILES string of the molecule is C(#CC1CC1)c1nn[c-]s1.COc1cnc(C(F)F)cc1-c1cc(C2=CCOCC2)ncc1[C-]=O.[Ni+2]. The molecule has 11 heteroatoms. The van der Waals surface area contributed by atoms with E-state index in [2.05, 4.69) is 37.5 Å². The van der Waals surface area contributed by atoms with Crippen molar-refractivity contribution in [3.8, 4) is 28.7 Å². The molecule has 4 heterocycles. The van der Waals surface area contributed by atoms with Crippen molar-refractivity contribution in [3.05, 3.63) is 58.1 Å². The van der Waals surface area contributed by atoms with Crippen LogP contribution in [0.4, 0.5) is 8.78 Å². The minimum atomic E-state index is -2.73. The number of halogens is 2. The topological polar surface area (TPSA) is 87.1 Å². The van der Waals surface area contributed by atoms with Gasteiger partial charge >= 0.3 is 16.5 Å². The van der Waals surface area contributed by atoms with E-state index in [1.54, 1.807) is 12.4 Å². The fourth-order valence-corrected chi connectivity index (χ4v) is 3.60. The van der Waals surface area contributed by atoms with Crippen molar-refractivity contribution < 1.29 is 39.5 Å². The Balaban J connectivity index is 0.000000273. The summed E-state index contributed by atoms with van der Waals surface area (Å²) in [5.41, 5.74) is 4.84. The summed E-state index contributed by atoms with van der Waals surface area (Å²) in [6.45, 7) is 1.07. The summed E-state index contributed by atoms with van der Waals surface area (Å²) in [6, 6.07) is 2.91. The van der Waals surface area contributed by atoms with Crippen LogP contribution in [0.5, 0.6) is 5.75 Å². The molecule has 1 fully saturated rings. The van der Waals surface area contributed by atoms with Crippen LogP contribution < -0.4 is 4.74 Å². The predicted octanol–water partition coefficient (Wildman–Crippen LogP) is 4.45. The van der Waals surface area contributed by atoms with E-state index < -0.39 is 12.1 Å². The standard InChI is InChI=1S/C18H15F2N2O3.C7H5N2S.Ni/c1-24-17-9-22-16(18(19)20)7-14(17)13-6-15(21-8-12(13)10-23)11-2-4-25-5-3-11;1-2-6(1)3-4-7-9-8-5-10-7;/h2,6-9,18H,3-5H2,1H3;6H,1-2H2;/q2*-1;+2. The molecule has 188 valence electrons. The molecule has 0 spiro atoms. The van der Waals surface area contributed by atoms with Gasteiger partial charge in [-0.15, -0.1) is 23.0 Å². The molecule has 0 saturated heterocycles. The van der Waals surface area contributed by atoms with E-state index in [0.29, 0.717) is 48.1 Å². The Bertz CT molecular complexity index is 1270. The number of alkyl halides is 2. The van der Waals surface area contributed by atoms with Gasteiger partial charge in [-0.1, -0.05) is 23.8 Å². The molecule has 1 aliphatic carbocycles. The second-order valence-corrected chi connectivity index (χ2v) is 8.40. The van der Waals surface area contributed by atoms with E-state index in [0.717, 1.165) is 10.6 Å². The van der Waals surface area contributed by atoms with E-state index >= 15 is 0 Å². The third-order valence-corrected chi connectivity index (χ3v) is 5.76. The molecule has 0 atom stereocenters. The van der Waals surface area contributed by atoms with Gasteiger partial charge in [-0.25, -0.2) is 13.9 Å². The molecule has 3 aromatic heterocycles. The maximum absolute atomic E-state index is 13.0. The molecule has 36 heavy (non-hydrogen) atoms. The van der Waals surface area contributed by atoms with Crippen molar-refractivity contribution in [3.63, 3.8) is 0 Å². The number of methoxy groups -OCH3 is 1. The van der Waals surface area contributed by atoms with Crippen LogP contribution in [0.2, 0.25) is 0 Å². The van der Waals surface area contributed by atoms with Gasteiger partial charge < -0.3 is 30.6 Å². The summed E-state index contributed by atoms with van der Waals surface area (Å²) >= 11 is 1.37. The molecule has 0 aromatic carbocycles. The molecule has 0 radical (unpaired) electrons. The van der Waals surface area contributed by atoms with Crippen LogP contribution in [0.15, 0.2) is 30.6 Å². The van der Waals surface area contributed by atoms with Crippen molar-refractivity contribution in [2.45, 2.75) is 25.7 Å². The first-order valence-electron chi connectivity index (χ1n) is 10.8. The molecule has 0 bridgehead atoms. The molecule has 3 aromatic rings. The Morgan fingerprint density at radius 2 is 2.08 bits per heavy atom. The van der Waals surface area contributed by atoms with Crippen LogP contribution in [0.1, 0.15) is 47.6 Å². The molecular weight excluding hydrogens is 533 g/mol. The first kappa shape index (κ1) is 27.5. The normalized spacial score (nSPS) is 14.4. The van der Waals surface area contributed by atoms with Crippen molar-refractivity contribution in [1.82, 2.24) is 20.2 Å². The number of ether oxygens (including phenoxy) is 2. The number of hydrogen-bond acceptors (Lipinski definition) is 8. The number of aromatic nitrogens is 4. The van der Waals surface area contributed by atoms with E-state index in [4.69, 9.17) is 9.47 Å². The molecule has 1 aliphatic heterocycles. The average Bonchev–Trinajstić information content (AvgIpc) is 3.59. The predicted molar refractivity (Wildman–Crippen MR) is 126 cm³/mol. The Labute approximate surface area is 221 Å². The van der Waals surface area contributed by atoms with Crippen molar-refractivity contribution in [2.24, 2.45) is 5.92 Å². The second-order valence-electron chi connectivity index (χ2n) is 7.62. The molecule has 7 nitrogen and oxygen atoms in total. The van der Waals surface area contributed by atoms with Crippen LogP contribution >= 0.6 is 11.3 Å². The largest absolute Gasteiger partial charge is 2.00 e. The first-order valence-corrected chi connectivity index (χ1v) is 11.6. The van der Waals surface area contributed by atoms with Gasteiger partial charge in [0.1, 0.15) is 11.4 Å². The Hall–Kier alpha value is -3.06. The van der Waals surface area contributed by atoms with Crippen molar-refractivity contribution in [2.75, 3.05) is 20.3 Å². The number of carbonyl (C=O) groups excluding carboxylic acids is 1. The van der Waals surface area contributed by atoms with Gasteiger partial charge in [0.05, 0.1) is 32.8 Å². The molecule has 0 amide bonds. The zero-order valence-corrected chi connectivity index (χ0v) is 20.9. The monoisotopic (exact) mass is 552 g/mol. The number of nitrogens with zero attached hydrogens (tertiary/aromatic N) is 4. The molecule has 2 aliphatic rings. The number of pyridine rings is 2. The molecule has 5 rings (SSSR count).